The molecule has 0 saturated carbocycles. The topological polar surface area (TPSA) is 35.0 Å². The van der Waals surface area contributed by atoms with E-state index in [0.717, 1.165) is 15.7 Å². The second-order valence-corrected chi connectivity index (χ2v) is 5.04. The van der Waals surface area contributed by atoms with E-state index in [4.69, 9.17) is 16.3 Å². The molecule has 94 valence electrons. The number of methoxy groups -OCH3 is 1. The molecule has 0 aliphatic rings. The summed E-state index contributed by atoms with van der Waals surface area (Å²) in [6, 6.07) is 9.71. The maximum atomic E-state index is 5.97. The van der Waals surface area contributed by atoms with E-state index in [1.54, 1.807) is 13.2 Å². The molecule has 0 unspecified atom stereocenters. The first-order chi connectivity index (χ1) is 8.69. The van der Waals surface area contributed by atoms with E-state index in [0.29, 0.717) is 24.0 Å². The summed E-state index contributed by atoms with van der Waals surface area (Å²) in [5.41, 5.74) is 1.92. The van der Waals surface area contributed by atoms with Gasteiger partial charge in [-0.3, -0.25) is 0 Å². The number of nitrogens with zero attached hydrogens (tertiary/aromatic N) is 2. The van der Waals surface area contributed by atoms with Crippen LogP contribution in [0.25, 0.3) is 0 Å². The summed E-state index contributed by atoms with van der Waals surface area (Å²) in [4.78, 5) is 8.65. The third-order valence-corrected chi connectivity index (χ3v) is 3.36. The highest BCUT2D eigenvalue weighted by Crippen LogP contribution is 2.19. The molecular formula is C13H12BrClN2O. The zero-order chi connectivity index (χ0) is 13.0. The molecule has 3 nitrogen and oxygen atoms in total. The summed E-state index contributed by atoms with van der Waals surface area (Å²) in [7, 11) is 1.63. The van der Waals surface area contributed by atoms with Crippen molar-refractivity contribution in [2.24, 2.45) is 0 Å². The predicted molar refractivity (Wildman–Crippen MR) is 74.7 cm³/mol. The maximum absolute atomic E-state index is 5.97. The number of halogens is 2. The molecule has 1 aromatic carbocycles. The van der Waals surface area contributed by atoms with Gasteiger partial charge >= 0.3 is 0 Å². The van der Waals surface area contributed by atoms with E-state index < -0.39 is 0 Å². The first-order valence-electron chi connectivity index (χ1n) is 5.43. The van der Waals surface area contributed by atoms with Crippen molar-refractivity contribution < 1.29 is 4.74 Å². The first-order valence-corrected chi connectivity index (χ1v) is 6.61. The van der Waals surface area contributed by atoms with E-state index in [2.05, 4.69) is 25.9 Å². The second-order valence-electron chi connectivity index (χ2n) is 3.80. The normalized spacial score (nSPS) is 10.6. The Morgan fingerprint density at radius 1 is 1.28 bits per heavy atom. The number of hydrogen-bond acceptors (Lipinski definition) is 3. The molecule has 0 atom stereocenters. The average molecular weight is 328 g/mol. The lowest BCUT2D eigenvalue weighted by atomic mass is 10.1. The van der Waals surface area contributed by atoms with E-state index in [9.17, 15) is 0 Å². The molecule has 0 spiro atoms. The fourth-order valence-corrected chi connectivity index (χ4v) is 2.28. The summed E-state index contributed by atoms with van der Waals surface area (Å²) < 4.78 is 6.10. The predicted octanol–water partition coefficient (Wildman–Crippen LogP) is 3.63. The van der Waals surface area contributed by atoms with Crippen LogP contribution in [0.4, 0.5) is 0 Å². The van der Waals surface area contributed by atoms with Crippen molar-refractivity contribution in [1.82, 2.24) is 9.97 Å². The Morgan fingerprint density at radius 2 is 2.06 bits per heavy atom. The van der Waals surface area contributed by atoms with Crippen LogP contribution in [0.1, 0.15) is 17.1 Å². The molecule has 0 aliphatic heterocycles. The largest absolute Gasteiger partial charge is 0.378 e. The molecule has 1 aromatic heterocycles. The van der Waals surface area contributed by atoms with Gasteiger partial charge in [-0.2, -0.15) is 0 Å². The van der Waals surface area contributed by atoms with Gasteiger partial charge in [0.2, 0.25) is 0 Å². The number of hydrogen-bond donors (Lipinski definition) is 0. The number of rotatable bonds is 4. The third kappa shape index (κ3) is 3.51. The fourth-order valence-electron chi connectivity index (χ4n) is 1.63. The van der Waals surface area contributed by atoms with Gasteiger partial charge in [-0.1, -0.05) is 45.7 Å². The Labute approximate surface area is 119 Å². The molecule has 0 saturated heterocycles. The van der Waals surface area contributed by atoms with Gasteiger partial charge in [0, 0.05) is 18.0 Å². The van der Waals surface area contributed by atoms with Gasteiger partial charge in [-0.15, -0.1) is 0 Å². The summed E-state index contributed by atoms with van der Waals surface area (Å²) in [6.07, 6.45) is 0.638. The minimum atomic E-state index is 0.436. The molecule has 2 rings (SSSR count). The first kappa shape index (κ1) is 13.5. The van der Waals surface area contributed by atoms with E-state index in [1.165, 1.54) is 0 Å². The highest BCUT2D eigenvalue weighted by molar-refractivity contribution is 9.10. The maximum Gasteiger partial charge on any atom is 0.134 e. The van der Waals surface area contributed by atoms with Crippen LogP contribution in [0.3, 0.4) is 0 Å². The summed E-state index contributed by atoms with van der Waals surface area (Å²) in [6.45, 7) is 0.436. The van der Waals surface area contributed by atoms with Gasteiger partial charge in [-0.25, -0.2) is 9.97 Å². The molecule has 2 aromatic rings. The van der Waals surface area contributed by atoms with Crippen LogP contribution in [0.2, 0.25) is 5.15 Å². The van der Waals surface area contributed by atoms with Crippen LogP contribution < -0.4 is 0 Å². The van der Waals surface area contributed by atoms with E-state index in [-0.39, 0.29) is 0 Å². The standard InChI is InChI=1S/C13H12BrClN2O/c1-18-8-10-7-12(15)17-13(16-10)6-9-4-2-3-5-11(9)14/h2-5,7H,6,8H2,1H3. The smallest absolute Gasteiger partial charge is 0.134 e. The Balaban J connectivity index is 2.26. The molecule has 18 heavy (non-hydrogen) atoms. The van der Waals surface area contributed by atoms with Crippen molar-refractivity contribution >= 4 is 27.5 Å². The van der Waals surface area contributed by atoms with Crippen LogP contribution in [0.15, 0.2) is 34.8 Å². The van der Waals surface area contributed by atoms with E-state index >= 15 is 0 Å². The van der Waals surface area contributed by atoms with Crippen LogP contribution in [-0.4, -0.2) is 17.1 Å². The van der Waals surface area contributed by atoms with Crippen LogP contribution >= 0.6 is 27.5 Å². The average Bonchev–Trinajstić information content (AvgIpc) is 2.32. The number of aromatic nitrogens is 2. The van der Waals surface area contributed by atoms with E-state index in [1.807, 2.05) is 24.3 Å². The van der Waals surface area contributed by atoms with Crippen molar-refractivity contribution in [3.05, 3.63) is 57.0 Å². The molecule has 0 fully saturated rings. The van der Waals surface area contributed by atoms with Crippen molar-refractivity contribution in [2.75, 3.05) is 7.11 Å². The number of ether oxygens (including phenoxy) is 1. The summed E-state index contributed by atoms with van der Waals surface area (Å²) in [5, 5.41) is 0.444. The quantitative estimate of drug-likeness (QED) is 0.804. The lowest BCUT2D eigenvalue weighted by Crippen LogP contribution is -2.02. The molecule has 0 N–H and O–H groups in total. The van der Waals surface area contributed by atoms with Gasteiger partial charge in [0.25, 0.3) is 0 Å². The van der Waals surface area contributed by atoms with Gasteiger partial charge in [-0.05, 0) is 17.7 Å². The van der Waals surface area contributed by atoms with Crippen LogP contribution in [0, 0.1) is 0 Å². The monoisotopic (exact) mass is 326 g/mol. The van der Waals surface area contributed by atoms with Gasteiger partial charge < -0.3 is 4.74 Å². The Morgan fingerprint density at radius 3 is 2.78 bits per heavy atom. The Bertz CT molecular complexity index is 548. The molecule has 0 bridgehead atoms. The van der Waals surface area contributed by atoms with Crippen LogP contribution in [0.5, 0.6) is 0 Å². The Hall–Kier alpha value is -0.970. The van der Waals surface area contributed by atoms with Gasteiger partial charge in [0.05, 0.1) is 12.3 Å². The highest BCUT2D eigenvalue weighted by Gasteiger charge is 2.06. The molecule has 0 radical (unpaired) electrons. The van der Waals surface area contributed by atoms with Crippen LogP contribution in [-0.2, 0) is 17.8 Å². The Kier molecular flexibility index (Phi) is 4.69. The van der Waals surface area contributed by atoms with Gasteiger partial charge in [0.1, 0.15) is 11.0 Å². The number of benzene rings is 1. The lowest BCUT2D eigenvalue weighted by molar-refractivity contribution is 0.181. The van der Waals surface area contributed by atoms with Gasteiger partial charge in [0.15, 0.2) is 0 Å². The zero-order valence-electron chi connectivity index (χ0n) is 9.86. The molecule has 5 heteroatoms. The van der Waals surface area contributed by atoms with Crippen molar-refractivity contribution in [3.8, 4) is 0 Å². The van der Waals surface area contributed by atoms with Crippen molar-refractivity contribution in [2.45, 2.75) is 13.0 Å². The second kappa shape index (κ2) is 6.27. The summed E-state index contributed by atoms with van der Waals surface area (Å²) >= 11 is 9.48. The fraction of sp³-hybridized carbons (Fsp3) is 0.231. The molecule has 0 amide bonds. The summed E-state index contributed by atoms with van der Waals surface area (Å²) in [5.74, 6) is 0.696. The molecular weight excluding hydrogens is 316 g/mol. The highest BCUT2D eigenvalue weighted by atomic mass is 79.9. The van der Waals surface area contributed by atoms with Crippen molar-refractivity contribution in [3.63, 3.8) is 0 Å². The molecule has 1 heterocycles. The SMILES string of the molecule is COCc1cc(Cl)nc(Cc2ccccc2Br)n1. The zero-order valence-corrected chi connectivity index (χ0v) is 12.2. The minimum absolute atomic E-state index is 0.436. The lowest BCUT2D eigenvalue weighted by Gasteiger charge is -2.06. The molecule has 0 aliphatic carbocycles. The third-order valence-electron chi connectivity index (χ3n) is 2.39. The minimum Gasteiger partial charge on any atom is -0.378 e. The van der Waals surface area contributed by atoms with Crippen molar-refractivity contribution in [1.29, 1.82) is 0 Å².